The number of carbonyl (C=O) groups is 5. The Labute approximate surface area is 305 Å². The summed E-state index contributed by atoms with van der Waals surface area (Å²) in [4.78, 5) is 61.9. The van der Waals surface area contributed by atoms with Crippen molar-refractivity contribution in [3.8, 4) is 0 Å². The number of hydrogen-bond acceptors (Lipinski definition) is 11. The quantitative estimate of drug-likeness (QED) is 0.130. The molecule has 11 heteroatoms. The molecule has 6 unspecified atom stereocenters. The number of carbonyl (C=O) groups excluding carboxylic acids is 5. The average Bonchev–Trinajstić information content (AvgIpc) is 3.42. The predicted molar refractivity (Wildman–Crippen MR) is 190 cm³/mol. The SMILES string of the molecule is COC(=O)CCC(NCCCC(C)(OC(C)=O)C1CC[C@]2(C)[C@@H]1C(OC(C)=O)CC1[C@@]3(C)CC[C@H](OC(C)=O)C(C)(C)C3CC[C@]12C)C(=O)OC. The number of rotatable bonds is 13. The number of ether oxygens (including phenoxy) is 5. The summed E-state index contributed by atoms with van der Waals surface area (Å²) in [6.45, 7) is 18.7. The molecule has 0 amide bonds. The molecule has 0 bridgehead atoms. The second-order valence-corrected chi connectivity index (χ2v) is 17.7. The van der Waals surface area contributed by atoms with E-state index in [-0.39, 0.29) is 82.4 Å². The first-order valence-corrected chi connectivity index (χ1v) is 19.1. The van der Waals surface area contributed by atoms with Gasteiger partial charge in [0.15, 0.2) is 0 Å². The third-order valence-electron chi connectivity index (χ3n) is 14.7. The van der Waals surface area contributed by atoms with Gasteiger partial charge >= 0.3 is 29.8 Å². The number of esters is 5. The summed E-state index contributed by atoms with van der Waals surface area (Å²) >= 11 is 0. The number of methoxy groups -OCH3 is 2. The van der Waals surface area contributed by atoms with E-state index in [1.807, 2.05) is 6.92 Å². The second kappa shape index (κ2) is 15.3. The summed E-state index contributed by atoms with van der Waals surface area (Å²) in [5.74, 6) is -1.17. The molecule has 51 heavy (non-hydrogen) atoms. The molecular formula is C40H65NO10. The first kappa shape index (κ1) is 41.1. The van der Waals surface area contributed by atoms with Crippen LogP contribution in [-0.4, -0.2) is 74.5 Å². The van der Waals surface area contributed by atoms with Crippen molar-refractivity contribution in [2.45, 2.75) is 157 Å². The van der Waals surface area contributed by atoms with Crippen LogP contribution >= 0.6 is 0 Å². The highest BCUT2D eigenvalue weighted by atomic mass is 16.6. The zero-order valence-electron chi connectivity index (χ0n) is 33.1. The number of fused-ring (bicyclic) bond motifs is 5. The first-order valence-electron chi connectivity index (χ1n) is 19.1. The van der Waals surface area contributed by atoms with Crippen LogP contribution < -0.4 is 5.32 Å². The van der Waals surface area contributed by atoms with Crippen molar-refractivity contribution >= 4 is 29.8 Å². The van der Waals surface area contributed by atoms with Crippen LogP contribution in [0.15, 0.2) is 0 Å². The first-order chi connectivity index (χ1) is 23.7. The van der Waals surface area contributed by atoms with Gasteiger partial charge in [0.1, 0.15) is 23.9 Å². The fourth-order valence-corrected chi connectivity index (χ4v) is 12.3. The lowest BCUT2D eigenvalue weighted by Crippen LogP contribution is -2.67. The van der Waals surface area contributed by atoms with E-state index >= 15 is 0 Å². The zero-order chi connectivity index (χ0) is 38.2. The molecule has 0 radical (unpaired) electrons. The zero-order valence-corrected chi connectivity index (χ0v) is 33.1. The van der Waals surface area contributed by atoms with Crippen molar-refractivity contribution in [3.05, 3.63) is 0 Å². The van der Waals surface area contributed by atoms with E-state index in [0.717, 1.165) is 44.9 Å². The Kier molecular flexibility index (Phi) is 12.4. The Hall–Kier alpha value is -2.69. The molecule has 290 valence electrons. The van der Waals surface area contributed by atoms with Crippen LogP contribution in [-0.2, 0) is 47.7 Å². The lowest BCUT2D eigenvalue weighted by molar-refractivity contribution is -0.253. The molecule has 0 aromatic heterocycles. The molecule has 0 saturated heterocycles. The molecule has 4 saturated carbocycles. The molecule has 4 aliphatic rings. The van der Waals surface area contributed by atoms with Crippen molar-refractivity contribution in [2.75, 3.05) is 20.8 Å². The van der Waals surface area contributed by atoms with Gasteiger partial charge in [0, 0.05) is 44.4 Å². The minimum atomic E-state index is -0.838. The fraction of sp³-hybridized carbons (Fsp3) is 0.875. The van der Waals surface area contributed by atoms with Gasteiger partial charge in [0.2, 0.25) is 0 Å². The van der Waals surface area contributed by atoms with Gasteiger partial charge in [-0.1, -0.05) is 34.6 Å². The van der Waals surface area contributed by atoms with Gasteiger partial charge in [-0.25, -0.2) is 0 Å². The fourth-order valence-electron chi connectivity index (χ4n) is 12.3. The molecule has 1 N–H and O–H groups in total. The monoisotopic (exact) mass is 719 g/mol. The van der Waals surface area contributed by atoms with E-state index in [9.17, 15) is 24.0 Å². The maximum absolute atomic E-state index is 12.8. The van der Waals surface area contributed by atoms with Crippen LogP contribution in [0.1, 0.15) is 133 Å². The van der Waals surface area contributed by atoms with Gasteiger partial charge in [-0.3, -0.25) is 24.0 Å². The van der Waals surface area contributed by atoms with Crippen molar-refractivity contribution in [1.82, 2.24) is 5.32 Å². The normalized spacial score (nSPS) is 36.9. The third kappa shape index (κ3) is 7.70. The van der Waals surface area contributed by atoms with Crippen LogP contribution in [0.25, 0.3) is 0 Å². The molecule has 4 aliphatic carbocycles. The summed E-state index contributed by atoms with van der Waals surface area (Å²) < 4.78 is 28.2. The molecule has 0 heterocycles. The topological polar surface area (TPSA) is 144 Å². The Morgan fingerprint density at radius 2 is 1.45 bits per heavy atom. The number of nitrogens with one attached hydrogen (secondary N) is 1. The van der Waals surface area contributed by atoms with Crippen LogP contribution in [0, 0.1) is 45.3 Å². The molecular weight excluding hydrogens is 654 g/mol. The Bertz CT molecular complexity index is 1330. The van der Waals surface area contributed by atoms with E-state index < -0.39 is 23.6 Å². The van der Waals surface area contributed by atoms with Crippen molar-refractivity contribution in [3.63, 3.8) is 0 Å². The highest BCUT2D eigenvalue weighted by molar-refractivity contribution is 5.77. The average molecular weight is 720 g/mol. The maximum Gasteiger partial charge on any atom is 0.322 e. The maximum atomic E-state index is 12.8. The standard InChI is InChI=1S/C40H65NO10/c1-24(42)49-29-23-31-37(6)19-17-32(50-25(2)43)36(4,5)30(37)16-21-38(31,7)39(8)20-15-27(34(29)39)40(9,51-26(3)44)18-12-22-41-28(35(46)48-11)13-14-33(45)47-10/h27-32,34,41H,12-23H2,1-11H3/t27?,28?,29?,30?,31?,32-,34-,37-,38+,39+,40?/m0/s1. The molecule has 0 aliphatic heterocycles. The minimum Gasteiger partial charge on any atom is -0.469 e. The molecule has 11 atom stereocenters. The third-order valence-corrected chi connectivity index (χ3v) is 14.7. The molecule has 0 aromatic rings. The molecule has 0 spiro atoms. The highest BCUT2D eigenvalue weighted by Crippen LogP contribution is 2.76. The Morgan fingerprint density at radius 3 is 2.04 bits per heavy atom. The van der Waals surface area contributed by atoms with E-state index in [1.54, 1.807) is 0 Å². The predicted octanol–water partition coefficient (Wildman–Crippen LogP) is 6.33. The summed E-state index contributed by atoms with van der Waals surface area (Å²) in [7, 11) is 2.64. The van der Waals surface area contributed by atoms with Crippen molar-refractivity contribution in [2.24, 2.45) is 45.3 Å². The highest BCUT2D eigenvalue weighted by Gasteiger charge is 2.72. The summed E-state index contributed by atoms with van der Waals surface area (Å²) in [5, 5.41) is 3.24. The van der Waals surface area contributed by atoms with E-state index in [0.29, 0.717) is 25.3 Å². The Morgan fingerprint density at radius 1 is 0.804 bits per heavy atom. The molecule has 11 nitrogen and oxygen atoms in total. The van der Waals surface area contributed by atoms with Crippen LogP contribution in [0.2, 0.25) is 0 Å². The van der Waals surface area contributed by atoms with Crippen LogP contribution in [0.5, 0.6) is 0 Å². The van der Waals surface area contributed by atoms with Crippen molar-refractivity contribution < 1.29 is 47.7 Å². The summed E-state index contributed by atoms with van der Waals surface area (Å²) in [5.41, 5.74) is -1.30. The van der Waals surface area contributed by atoms with Crippen LogP contribution in [0.3, 0.4) is 0 Å². The summed E-state index contributed by atoms with van der Waals surface area (Å²) in [6.07, 6.45) is 7.33. The Balaban J connectivity index is 1.63. The second-order valence-electron chi connectivity index (χ2n) is 17.7. The molecule has 4 fully saturated rings. The smallest absolute Gasteiger partial charge is 0.322 e. The lowest BCUT2D eigenvalue weighted by atomic mass is 9.35. The number of hydrogen-bond donors (Lipinski definition) is 1. The largest absolute Gasteiger partial charge is 0.469 e. The minimum absolute atomic E-state index is 0.0200. The van der Waals surface area contributed by atoms with Gasteiger partial charge in [-0.05, 0) is 106 Å². The van der Waals surface area contributed by atoms with E-state index in [2.05, 4.69) is 39.9 Å². The van der Waals surface area contributed by atoms with Gasteiger partial charge < -0.3 is 29.0 Å². The van der Waals surface area contributed by atoms with Gasteiger partial charge in [-0.2, -0.15) is 0 Å². The van der Waals surface area contributed by atoms with Gasteiger partial charge in [0.25, 0.3) is 0 Å². The van der Waals surface area contributed by atoms with E-state index in [1.165, 1.54) is 35.0 Å². The summed E-state index contributed by atoms with van der Waals surface area (Å²) in [6, 6.07) is -0.669. The van der Waals surface area contributed by atoms with Gasteiger partial charge in [0.05, 0.1) is 14.2 Å². The van der Waals surface area contributed by atoms with Gasteiger partial charge in [-0.15, -0.1) is 0 Å². The van der Waals surface area contributed by atoms with Crippen LogP contribution in [0.4, 0.5) is 0 Å². The van der Waals surface area contributed by atoms with E-state index in [4.69, 9.17) is 23.7 Å². The lowest BCUT2D eigenvalue weighted by Gasteiger charge is -2.70. The molecule has 4 rings (SSSR count). The molecule has 0 aromatic carbocycles. The van der Waals surface area contributed by atoms with Crippen molar-refractivity contribution in [1.29, 1.82) is 0 Å².